The van der Waals surface area contributed by atoms with Crippen molar-refractivity contribution in [3.63, 3.8) is 0 Å². The van der Waals surface area contributed by atoms with Crippen LogP contribution < -0.4 is 14.5 Å². The van der Waals surface area contributed by atoms with E-state index in [-0.39, 0.29) is 6.04 Å². The zero-order valence-electron chi connectivity index (χ0n) is 18.5. The van der Waals surface area contributed by atoms with Crippen molar-refractivity contribution < 1.29 is 8.42 Å². The van der Waals surface area contributed by atoms with Crippen LogP contribution in [0.15, 0.2) is 77.7 Å². The minimum atomic E-state index is -3.64. The van der Waals surface area contributed by atoms with E-state index in [2.05, 4.69) is 26.7 Å². The number of fused-ring (bicyclic) bond motifs is 1. The Kier molecular flexibility index (Phi) is 6.32. The van der Waals surface area contributed by atoms with E-state index in [1.54, 1.807) is 12.1 Å². The number of nitrogens with one attached hydrogen (secondary N) is 1. The summed E-state index contributed by atoms with van der Waals surface area (Å²) < 4.78 is 29.4. The molecular formula is C26H28ClN3O2S. The highest BCUT2D eigenvalue weighted by atomic mass is 35.5. The van der Waals surface area contributed by atoms with Gasteiger partial charge in [0.25, 0.3) is 0 Å². The number of hydrogen-bond acceptors (Lipinski definition) is 4. The lowest BCUT2D eigenvalue weighted by Gasteiger charge is -2.36. The smallest absolute Gasteiger partial charge is 0.240 e. The Balaban J connectivity index is 1.36. The fourth-order valence-electron chi connectivity index (χ4n) is 4.85. The van der Waals surface area contributed by atoms with Gasteiger partial charge >= 0.3 is 0 Å². The van der Waals surface area contributed by atoms with Crippen LogP contribution in [-0.2, 0) is 23.0 Å². The molecule has 2 heterocycles. The Morgan fingerprint density at radius 3 is 2.39 bits per heavy atom. The third-order valence-electron chi connectivity index (χ3n) is 6.45. The number of halogens is 1. The predicted octanol–water partition coefficient (Wildman–Crippen LogP) is 4.85. The zero-order chi connectivity index (χ0) is 22.8. The monoisotopic (exact) mass is 481 g/mol. The summed E-state index contributed by atoms with van der Waals surface area (Å²) in [5, 5.41) is 0.661. The first-order valence-electron chi connectivity index (χ1n) is 11.4. The summed E-state index contributed by atoms with van der Waals surface area (Å²) in [5.41, 5.74) is 4.43. The van der Waals surface area contributed by atoms with Gasteiger partial charge in [-0.25, -0.2) is 13.1 Å². The van der Waals surface area contributed by atoms with Gasteiger partial charge in [-0.1, -0.05) is 41.9 Å². The summed E-state index contributed by atoms with van der Waals surface area (Å²) in [6.45, 7) is 3.37. The molecule has 3 aromatic rings. The molecule has 5 rings (SSSR count). The Hall–Kier alpha value is -2.54. The molecule has 0 amide bonds. The largest absolute Gasteiger partial charge is 0.372 e. The van der Waals surface area contributed by atoms with Crippen molar-refractivity contribution in [1.29, 1.82) is 0 Å². The molecule has 0 saturated carbocycles. The van der Waals surface area contributed by atoms with Gasteiger partial charge in [-0.2, -0.15) is 0 Å². The average Bonchev–Trinajstić information content (AvgIpc) is 3.34. The van der Waals surface area contributed by atoms with Gasteiger partial charge in [0.1, 0.15) is 0 Å². The van der Waals surface area contributed by atoms with Crippen LogP contribution in [0.5, 0.6) is 0 Å². The molecule has 2 aliphatic rings. The van der Waals surface area contributed by atoms with Gasteiger partial charge < -0.3 is 9.80 Å². The summed E-state index contributed by atoms with van der Waals surface area (Å²) in [7, 11) is -3.64. The van der Waals surface area contributed by atoms with Crippen LogP contribution in [0.25, 0.3) is 0 Å². The number of benzene rings is 3. The van der Waals surface area contributed by atoms with E-state index >= 15 is 0 Å². The molecule has 0 spiro atoms. The molecular weight excluding hydrogens is 454 g/mol. The van der Waals surface area contributed by atoms with Crippen LogP contribution in [0.1, 0.15) is 24.0 Å². The van der Waals surface area contributed by atoms with Crippen molar-refractivity contribution in [1.82, 2.24) is 4.72 Å². The third kappa shape index (κ3) is 5.03. The first-order chi connectivity index (χ1) is 16.0. The van der Waals surface area contributed by atoms with Crippen molar-refractivity contribution in [3.05, 3.63) is 88.9 Å². The third-order valence-corrected chi connectivity index (χ3v) is 8.22. The predicted molar refractivity (Wildman–Crippen MR) is 135 cm³/mol. The van der Waals surface area contributed by atoms with Crippen molar-refractivity contribution >= 4 is 33.0 Å². The van der Waals surface area contributed by atoms with E-state index in [4.69, 9.17) is 11.6 Å². The molecule has 7 heteroatoms. The molecule has 0 radical (unpaired) electrons. The van der Waals surface area contributed by atoms with E-state index in [0.717, 1.165) is 30.0 Å². The molecule has 0 aliphatic carbocycles. The van der Waals surface area contributed by atoms with E-state index in [1.165, 1.54) is 18.4 Å². The lowest BCUT2D eigenvalue weighted by atomic mass is 9.98. The van der Waals surface area contributed by atoms with Crippen LogP contribution in [0.3, 0.4) is 0 Å². The van der Waals surface area contributed by atoms with Gasteiger partial charge in [0, 0.05) is 48.6 Å². The van der Waals surface area contributed by atoms with Crippen molar-refractivity contribution in [2.45, 2.75) is 36.7 Å². The Labute approximate surface area is 201 Å². The van der Waals surface area contributed by atoms with E-state index in [9.17, 15) is 8.42 Å². The van der Waals surface area contributed by atoms with Crippen LogP contribution >= 0.6 is 11.6 Å². The first-order valence-corrected chi connectivity index (χ1v) is 13.3. The SMILES string of the molecule is O=S(=O)(NC1Cc2cc(Cl)ccc2N(Cc2ccccc2)C1)c1ccc(N2CCCC2)cc1. The maximum Gasteiger partial charge on any atom is 0.240 e. The highest BCUT2D eigenvalue weighted by molar-refractivity contribution is 7.89. The molecule has 1 N–H and O–H groups in total. The van der Waals surface area contributed by atoms with Gasteiger partial charge in [-0.3, -0.25) is 0 Å². The first kappa shape index (κ1) is 22.3. The van der Waals surface area contributed by atoms with Crippen molar-refractivity contribution in [2.24, 2.45) is 0 Å². The second kappa shape index (κ2) is 9.37. The summed E-state index contributed by atoms with van der Waals surface area (Å²) >= 11 is 6.27. The molecule has 3 aromatic carbocycles. The molecule has 1 atom stereocenters. The summed E-state index contributed by atoms with van der Waals surface area (Å²) in [6.07, 6.45) is 2.98. The quantitative estimate of drug-likeness (QED) is 0.546. The van der Waals surface area contributed by atoms with Crippen LogP contribution in [0.4, 0.5) is 11.4 Å². The van der Waals surface area contributed by atoms with Crippen molar-refractivity contribution in [3.8, 4) is 0 Å². The summed E-state index contributed by atoms with van der Waals surface area (Å²) in [5.74, 6) is 0. The molecule has 1 saturated heterocycles. The molecule has 0 bridgehead atoms. The van der Waals surface area contributed by atoms with Gasteiger partial charge in [0.15, 0.2) is 0 Å². The summed E-state index contributed by atoms with van der Waals surface area (Å²) in [4.78, 5) is 4.83. The highest BCUT2D eigenvalue weighted by Gasteiger charge is 2.29. The molecule has 5 nitrogen and oxygen atoms in total. The summed E-state index contributed by atoms with van der Waals surface area (Å²) in [6, 6.07) is 23.1. The molecule has 33 heavy (non-hydrogen) atoms. The Morgan fingerprint density at radius 2 is 1.67 bits per heavy atom. The molecule has 1 fully saturated rings. The van der Waals surface area contributed by atoms with Crippen LogP contribution in [0.2, 0.25) is 5.02 Å². The minimum Gasteiger partial charge on any atom is -0.372 e. The molecule has 1 unspecified atom stereocenters. The van der Waals surface area contributed by atoms with Crippen LogP contribution in [0, 0.1) is 0 Å². The minimum absolute atomic E-state index is 0.247. The second-order valence-corrected chi connectivity index (χ2v) is 11.0. The van der Waals surface area contributed by atoms with E-state index in [0.29, 0.717) is 29.4 Å². The lowest BCUT2D eigenvalue weighted by Crippen LogP contribution is -2.48. The van der Waals surface area contributed by atoms with Gasteiger partial charge in [0.2, 0.25) is 10.0 Å². The topological polar surface area (TPSA) is 52.7 Å². The number of sulfonamides is 1. The van der Waals surface area contributed by atoms with Crippen LogP contribution in [-0.4, -0.2) is 34.1 Å². The number of hydrogen-bond donors (Lipinski definition) is 1. The normalized spacial score (nSPS) is 18.4. The maximum absolute atomic E-state index is 13.2. The molecule has 172 valence electrons. The highest BCUT2D eigenvalue weighted by Crippen LogP contribution is 2.31. The standard InChI is InChI=1S/C26H28ClN3O2S/c27-22-8-13-26-21(16-22)17-23(19-30(26)18-20-6-2-1-3-7-20)28-33(31,32)25-11-9-24(10-12-25)29-14-4-5-15-29/h1-3,6-13,16,23,28H,4-5,14-15,17-19H2. The van der Waals surface area contributed by atoms with Crippen molar-refractivity contribution in [2.75, 3.05) is 29.4 Å². The Morgan fingerprint density at radius 1 is 0.939 bits per heavy atom. The number of rotatable bonds is 6. The zero-order valence-corrected chi connectivity index (χ0v) is 20.0. The number of anilines is 2. The van der Waals surface area contributed by atoms with E-state index < -0.39 is 10.0 Å². The van der Waals surface area contributed by atoms with E-state index in [1.807, 2.05) is 48.5 Å². The molecule has 2 aliphatic heterocycles. The lowest BCUT2D eigenvalue weighted by molar-refractivity contribution is 0.524. The fourth-order valence-corrected chi connectivity index (χ4v) is 6.27. The number of nitrogens with zero attached hydrogens (tertiary/aromatic N) is 2. The maximum atomic E-state index is 13.2. The Bertz CT molecular complexity index is 1210. The molecule has 0 aromatic heterocycles. The second-order valence-electron chi connectivity index (χ2n) is 8.85. The fraction of sp³-hybridized carbons (Fsp3) is 0.308. The van der Waals surface area contributed by atoms with Gasteiger partial charge in [0.05, 0.1) is 4.90 Å². The van der Waals surface area contributed by atoms with Gasteiger partial charge in [-0.15, -0.1) is 0 Å². The average molecular weight is 482 g/mol. The van der Waals surface area contributed by atoms with Gasteiger partial charge in [-0.05, 0) is 72.9 Å².